The number of rotatable bonds is 47. The first-order valence-electron chi connectivity index (χ1n) is 25.5. The number of quaternary nitrogens is 1. The molecular weight excluding hydrogens is 756 g/mol. The number of carbonyl (C=O) groups is 1. The monoisotopic (exact) mass is 857 g/mol. The first-order valence-corrected chi connectivity index (χ1v) is 27.0. The zero-order chi connectivity index (χ0) is 43.6. The average Bonchev–Trinajstić information content (AvgIpc) is 3.19. The molecule has 9 heteroatoms. The predicted molar refractivity (Wildman–Crippen MR) is 252 cm³/mol. The van der Waals surface area contributed by atoms with Crippen LogP contribution in [0.3, 0.4) is 0 Å². The van der Waals surface area contributed by atoms with Crippen LogP contribution in [0.15, 0.2) is 12.2 Å². The van der Waals surface area contributed by atoms with Crippen molar-refractivity contribution in [1.82, 2.24) is 5.32 Å². The molecule has 0 aliphatic rings. The van der Waals surface area contributed by atoms with Crippen molar-refractivity contribution in [2.45, 2.75) is 264 Å². The Hall–Kier alpha value is -0.760. The second-order valence-corrected chi connectivity index (χ2v) is 20.3. The Balaban J connectivity index is 4.17. The van der Waals surface area contributed by atoms with Gasteiger partial charge in [0.25, 0.3) is 7.82 Å². The molecule has 0 spiro atoms. The van der Waals surface area contributed by atoms with Crippen LogP contribution < -0.4 is 10.2 Å². The van der Waals surface area contributed by atoms with Gasteiger partial charge < -0.3 is 28.8 Å². The zero-order valence-electron chi connectivity index (χ0n) is 40.0. The third-order valence-electron chi connectivity index (χ3n) is 11.8. The molecule has 3 atom stereocenters. The summed E-state index contributed by atoms with van der Waals surface area (Å²) < 4.78 is 23.3. The Morgan fingerprint density at radius 1 is 0.576 bits per heavy atom. The highest BCUT2D eigenvalue weighted by Crippen LogP contribution is 2.38. The average molecular weight is 857 g/mol. The fourth-order valence-electron chi connectivity index (χ4n) is 7.68. The molecule has 0 aliphatic carbocycles. The molecule has 0 rings (SSSR count). The molecule has 1 amide bonds. The van der Waals surface area contributed by atoms with Crippen LogP contribution >= 0.6 is 7.82 Å². The van der Waals surface area contributed by atoms with E-state index in [1.165, 1.54) is 173 Å². The van der Waals surface area contributed by atoms with E-state index in [0.29, 0.717) is 23.9 Å². The lowest BCUT2D eigenvalue weighted by atomic mass is 10.0. The van der Waals surface area contributed by atoms with Gasteiger partial charge in [-0.1, -0.05) is 219 Å². The molecule has 0 aliphatic heterocycles. The largest absolute Gasteiger partial charge is 0.756 e. The molecule has 3 unspecified atom stereocenters. The van der Waals surface area contributed by atoms with Crippen molar-refractivity contribution in [2.75, 3.05) is 40.9 Å². The van der Waals surface area contributed by atoms with Gasteiger partial charge in [0.1, 0.15) is 13.2 Å². The quantitative estimate of drug-likeness (QED) is 0.0273. The van der Waals surface area contributed by atoms with Crippen LogP contribution in [0, 0.1) is 0 Å². The van der Waals surface area contributed by atoms with Gasteiger partial charge in [-0.15, -0.1) is 0 Å². The number of phosphoric acid groups is 1. The van der Waals surface area contributed by atoms with Crippen LogP contribution in [0.25, 0.3) is 0 Å². The van der Waals surface area contributed by atoms with Crippen LogP contribution in [0.1, 0.15) is 251 Å². The molecule has 8 nitrogen and oxygen atoms in total. The van der Waals surface area contributed by atoms with Crippen LogP contribution in [0.2, 0.25) is 0 Å². The van der Waals surface area contributed by atoms with Gasteiger partial charge in [0, 0.05) is 6.42 Å². The number of nitrogens with one attached hydrogen (secondary N) is 1. The topological polar surface area (TPSA) is 108 Å². The number of hydrogen-bond donors (Lipinski definition) is 2. The lowest BCUT2D eigenvalue weighted by Gasteiger charge is -2.30. The van der Waals surface area contributed by atoms with Crippen molar-refractivity contribution in [3.8, 4) is 0 Å². The summed E-state index contributed by atoms with van der Waals surface area (Å²) in [5, 5.41) is 14.0. The van der Waals surface area contributed by atoms with Gasteiger partial charge in [0.15, 0.2) is 0 Å². The second kappa shape index (κ2) is 42.5. The molecule has 0 fully saturated rings. The molecule has 0 bridgehead atoms. The molecule has 0 aromatic carbocycles. The van der Waals surface area contributed by atoms with Crippen molar-refractivity contribution < 1.29 is 32.9 Å². The van der Waals surface area contributed by atoms with Gasteiger partial charge in [-0.3, -0.25) is 9.36 Å². The number of unbranched alkanes of at least 4 members (excludes halogenated alkanes) is 32. The summed E-state index contributed by atoms with van der Waals surface area (Å²) >= 11 is 0. The maximum absolute atomic E-state index is 12.9. The molecule has 352 valence electrons. The number of carbonyl (C=O) groups excluding carboxylic acids is 1. The smallest absolute Gasteiger partial charge is 0.268 e. The van der Waals surface area contributed by atoms with Crippen LogP contribution in [0.5, 0.6) is 0 Å². The van der Waals surface area contributed by atoms with Crippen molar-refractivity contribution in [3.05, 3.63) is 12.2 Å². The molecule has 0 radical (unpaired) electrons. The Kier molecular flexibility index (Phi) is 42.0. The third kappa shape index (κ3) is 45.1. The Labute approximate surface area is 367 Å². The van der Waals surface area contributed by atoms with Gasteiger partial charge in [-0.05, 0) is 38.5 Å². The normalized spacial score (nSPS) is 14.2. The first kappa shape index (κ1) is 58.2. The van der Waals surface area contributed by atoms with E-state index in [-0.39, 0.29) is 19.1 Å². The van der Waals surface area contributed by atoms with Gasteiger partial charge in [0.2, 0.25) is 5.91 Å². The highest BCUT2D eigenvalue weighted by atomic mass is 31.2. The maximum atomic E-state index is 12.9. The Morgan fingerprint density at radius 3 is 1.34 bits per heavy atom. The Morgan fingerprint density at radius 2 is 0.932 bits per heavy atom. The minimum atomic E-state index is -4.57. The Bertz CT molecular complexity index is 974. The lowest BCUT2D eigenvalue weighted by molar-refractivity contribution is -0.870. The van der Waals surface area contributed by atoms with Crippen molar-refractivity contribution >= 4 is 13.7 Å². The van der Waals surface area contributed by atoms with E-state index >= 15 is 0 Å². The summed E-state index contributed by atoms with van der Waals surface area (Å²) in [4.78, 5) is 25.4. The number of likely N-dealkylation sites (N-methyl/N-ethyl adjacent to an activating group) is 1. The number of amides is 1. The van der Waals surface area contributed by atoms with Gasteiger partial charge in [-0.2, -0.15) is 0 Å². The van der Waals surface area contributed by atoms with Crippen molar-refractivity contribution in [2.24, 2.45) is 0 Å². The fraction of sp³-hybridized carbons (Fsp3) is 0.940. The van der Waals surface area contributed by atoms with E-state index < -0.39 is 20.0 Å². The molecule has 0 aromatic heterocycles. The lowest BCUT2D eigenvalue weighted by Crippen LogP contribution is -2.46. The molecule has 59 heavy (non-hydrogen) atoms. The molecular formula is C50H101N2O6P. The number of hydrogen-bond acceptors (Lipinski definition) is 6. The summed E-state index contributed by atoms with van der Waals surface area (Å²) in [6.45, 7) is 4.72. The first-order chi connectivity index (χ1) is 28.5. The zero-order valence-corrected chi connectivity index (χ0v) is 40.9. The summed E-state index contributed by atoms with van der Waals surface area (Å²) in [6, 6.07) is -0.801. The standard InChI is InChI=1S/C50H101N2O6P/c1-6-8-10-12-14-16-18-20-21-22-23-24-25-26-27-28-29-30-32-33-35-37-39-41-43-49(53)48(47-58-59(55,56)57-46-45-52(3,4)5)51-50(54)44-42-40-38-36-34-31-19-17-15-13-11-9-7-2/h17,19,48-49,53H,6-16,18,20-47H2,1-5H3,(H-,51,54,55,56)/b19-17-. The van der Waals surface area contributed by atoms with Crippen LogP contribution in [-0.2, 0) is 18.4 Å². The molecule has 2 N–H and O–H groups in total. The van der Waals surface area contributed by atoms with Crippen molar-refractivity contribution in [3.63, 3.8) is 0 Å². The fourth-order valence-corrected chi connectivity index (χ4v) is 8.41. The third-order valence-corrected chi connectivity index (χ3v) is 12.7. The summed E-state index contributed by atoms with van der Waals surface area (Å²) in [5.41, 5.74) is 0. The van der Waals surface area contributed by atoms with Crippen molar-refractivity contribution in [1.29, 1.82) is 0 Å². The van der Waals surface area contributed by atoms with Gasteiger partial charge in [0.05, 0.1) is 39.9 Å². The van der Waals surface area contributed by atoms with E-state index in [9.17, 15) is 19.4 Å². The SMILES string of the molecule is CCCCCC/C=C\CCCCCCCC(=O)NC(COP(=O)([O-])OCC[N+](C)(C)C)C(O)CCCCCCCCCCCCCCCCCCCCCCCCCC. The number of phosphoric ester groups is 1. The molecule has 0 saturated heterocycles. The number of aliphatic hydroxyl groups is 1. The van der Waals surface area contributed by atoms with E-state index in [4.69, 9.17) is 9.05 Å². The minimum absolute atomic E-state index is 0.0126. The predicted octanol–water partition coefficient (Wildman–Crippen LogP) is 14.1. The summed E-state index contributed by atoms with van der Waals surface area (Å²) in [7, 11) is 1.31. The summed E-state index contributed by atoms with van der Waals surface area (Å²) in [6.07, 6.45) is 49.4. The minimum Gasteiger partial charge on any atom is -0.756 e. The highest BCUT2D eigenvalue weighted by molar-refractivity contribution is 7.45. The van der Waals surface area contributed by atoms with Crippen LogP contribution in [0.4, 0.5) is 0 Å². The van der Waals surface area contributed by atoms with E-state index in [1.54, 1.807) is 0 Å². The van der Waals surface area contributed by atoms with E-state index in [1.807, 2.05) is 21.1 Å². The van der Waals surface area contributed by atoms with Gasteiger partial charge in [-0.25, -0.2) is 0 Å². The second-order valence-electron chi connectivity index (χ2n) is 18.9. The molecule has 0 heterocycles. The van der Waals surface area contributed by atoms with E-state index in [2.05, 4.69) is 31.3 Å². The van der Waals surface area contributed by atoms with Gasteiger partial charge >= 0.3 is 0 Å². The number of aliphatic hydroxyl groups excluding tert-OH is 1. The molecule has 0 saturated carbocycles. The maximum Gasteiger partial charge on any atom is 0.268 e. The molecule has 0 aromatic rings. The summed E-state index contributed by atoms with van der Waals surface area (Å²) in [5.74, 6) is -0.171. The van der Waals surface area contributed by atoms with E-state index in [0.717, 1.165) is 51.4 Å². The van der Waals surface area contributed by atoms with Crippen LogP contribution in [-0.4, -0.2) is 68.5 Å². The highest BCUT2D eigenvalue weighted by Gasteiger charge is 2.24. The number of allylic oxidation sites excluding steroid dienone is 2. The number of nitrogens with zero attached hydrogens (tertiary/aromatic N) is 1.